The molecule has 2 saturated heterocycles. The van der Waals surface area contributed by atoms with E-state index in [1.807, 2.05) is 18.7 Å². The van der Waals surface area contributed by atoms with Gasteiger partial charge in [0.25, 0.3) is 0 Å². The number of ether oxygens (including phenoxy) is 1. The number of carbonyl (C=O) groups is 1. The molecular formula is C27H28FN5O2. The third kappa shape index (κ3) is 3.37. The molecule has 0 radical (unpaired) electrons. The van der Waals surface area contributed by atoms with Crippen molar-refractivity contribution in [1.82, 2.24) is 14.9 Å². The molecule has 2 fully saturated rings. The molecule has 8 heteroatoms. The van der Waals surface area contributed by atoms with Gasteiger partial charge in [-0.2, -0.15) is 5.26 Å². The van der Waals surface area contributed by atoms with Crippen LogP contribution in [0, 0.1) is 17.1 Å². The number of H-pyrrole nitrogens is 1. The van der Waals surface area contributed by atoms with Crippen LogP contribution in [0.3, 0.4) is 0 Å². The summed E-state index contributed by atoms with van der Waals surface area (Å²) in [6.45, 7) is 8.80. The summed E-state index contributed by atoms with van der Waals surface area (Å²) in [5.74, 6) is -0.307. The number of piperidine rings is 1. The Labute approximate surface area is 203 Å². The van der Waals surface area contributed by atoms with E-state index in [1.165, 1.54) is 0 Å². The van der Waals surface area contributed by atoms with Crippen molar-refractivity contribution in [3.8, 4) is 6.07 Å². The molecule has 1 aromatic carbocycles. The number of hydrogen-bond donors (Lipinski definition) is 1. The second-order valence-corrected chi connectivity index (χ2v) is 10.3. The van der Waals surface area contributed by atoms with E-state index in [0.29, 0.717) is 45.3 Å². The van der Waals surface area contributed by atoms with Crippen LogP contribution in [0.2, 0.25) is 0 Å². The molecule has 1 aliphatic carbocycles. The Hall–Kier alpha value is -3.28. The molecule has 0 unspecified atom stereocenters. The summed E-state index contributed by atoms with van der Waals surface area (Å²) < 4.78 is 21.7. The predicted molar refractivity (Wildman–Crippen MR) is 130 cm³/mol. The van der Waals surface area contributed by atoms with Crippen LogP contribution in [-0.2, 0) is 10.2 Å². The lowest BCUT2D eigenvalue weighted by atomic mass is 9.71. The number of aromatic amines is 1. The summed E-state index contributed by atoms with van der Waals surface area (Å²) in [4.78, 5) is 25.9. The zero-order valence-electron chi connectivity index (χ0n) is 20.0. The number of nitrogens with one attached hydrogen (secondary N) is 1. The van der Waals surface area contributed by atoms with Gasteiger partial charge in [0.1, 0.15) is 0 Å². The molecule has 2 aromatic heterocycles. The number of fused-ring (bicyclic) bond motifs is 4. The topological polar surface area (TPSA) is 85.2 Å². The van der Waals surface area contributed by atoms with Crippen molar-refractivity contribution in [3.63, 3.8) is 0 Å². The number of rotatable bonds is 2. The molecular weight excluding hydrogens is 445 g/mol. The van der Waals surface area contributed by atoms with Crippen LogP contribution in [0.25, 0.3) is 10.9 Å². The standard InChI is InChI=1S/C27H28FN5O2/c1-27(2)22-19(24(34)21-18-4-3-16(14-29)13-20(18)31-25(21)27)15-30-26(23(22)28)33-7-5-17(6-8-33)32-9-11-35-12-10-32/h3-4,13,15,17,31H,5-12H2,1-2H3. The average Bonchev–Trinajstić information content (AvgIpc) is 3.28. The third-order valence-electron chi connectivity index (χ3n) is 7.98. The molecule has 3 aromatic rings. The first-order chi connectivity index (χ1) is 16.9. The fourth-order valence-electron chi connectivity index (χ4n) is 6.10. The average molecular weight is 474 g/mol. The van der Waals surface area contributed by atoms with Crippen molar-refractivity contribution in [2.45, 2.75) is 38.1 Å². The first-order valence-electron chi connectivity index (χ1n) is 12.3. The fraction of sp³-hybridized carbons (Fsp3) is 0.444. The van der Waals surface area contributed by atoms with Crippen molar-refractivity contribution < 1.29 is 13.9 Å². The molecule has 180 valence electrons. The Kier molecular flexibility index (Phi) is 5.17. The predicted octanol–water partition coefficient (Wildman–Crippen LogP) is 3.74. The Morgan fingerprint density at radius 3 is 2.66 bits per heavy atom. The van der Waals surface area contributed by atoms with Crippen LogP contribution < -0.4 is 4.90 Å². The summed E-state index contributed by atoms with van der Waals surface area (Å²) >= 11 is 0. The Morgan fingerprint density at radius 1 is 1.20 bits per heavy atom. The van der Waals surface area contributed by atoms with Crippen LogP contribution >= 0.6 is 0 Å². The largest absolute Gasteiger partial charge is 0.379 e. The molecule has 3 aliphatic rings. The summed E-state index contributed by atoms with van der Waals surface area (Å²) in [6, 6.07) is 7.85. The minimum Gasteiger partial charge on any atom is -0.379 e. The van der Waals surface area contributed by atoms with E-state index in [1.54, 1.807) is 24.4 Å². The van der Waals surface area contributed by atoms with Crippen molar-refractivity contribution in [2.24, 2.45) is 0 Å². The van der Waals surface area contributed by atoms with Gasteiger partial charge < -0.3 is 14.6 Å². The van der Waals surface area contributed by atoms with Gasteiger partial charge in [-0.25, -0.2) is 9.37 Å². The van der Waals surface area contributed by atoms with Gasteiger partial charge in [-0.05, 0) is 25.0 Å². The summed E-state index contributed by atoms with van der Waals surface area (Å²) in [6.07, 6.45) is 3.46. The molecule has 0 bridgehead atoms. The number of nitrogens with zero attached hydrogens (tertiary/aromatic N) is 4. The maximum Gasteiger partial charge on any atom is 0.197 e. The van der Waals surface area contributed by atoms with Crippen LogP contribution in [0.4, 0.5) is 10.2 Å². The Bertz CT molecular complexity index is 1370. The van der Waals surface area contributed by atoms with Crippen molar-refractivity contribution in [2.75, 3.05) is 44.3 Å². The van der Waals surface area contributed by atoms with Gasteiger partial charge in [0.05, 0.1) is 30.4 Å². The molecule has 2 aliphatic heterocycles. The number of benzene rings is 1. The van der Waals surface area contributed by atoms with Gasteiger partial charge >= 0.3 is 0 Å². The number of hydrogen-bond acceptors (Lipinski definition) is 6. The first-order valence-corrected chi connectivity index (χ1v) is 12.3. The quantitative estimate of drug-likeness (QED) is 0.610. The lowest BCUT2D eigenvalue weighted by Crippen LogP contribution is -2.49. The molecule has 35 heavy (non-hydrogen) atoms. The number of carbonyl (C=O) groups excluding carboxylic acids is 1. The second-order valence-electron chi connectivity index (χ2n) is 10.3. The minimum atomic E-state index is -0.766. The molecule has 6 rings (SSSR count). The first kappa shape index (κ1) is 22.2. The highest BCUT2D eigenvalue weighted by Crippen LogP contribution is 2.46. The van der Waals surface area contributed by atoms with Crippen LogP contribution in [0.5, 0.6) is 0 Å². The van der Waals surface area contributed by atoms with Gasteiger partial charge in [-0.3, -0.25) is 9.69 Å². The number of halogens is 1. The normalized spacial score (nSPS) is 20.5. The molecule has 0 amide bonds. The van der Waals surface area contributed by atoms with Gasteiger partial charge in [0.2, 0.25) is 0 Å². The third-order valence-corrected chi connectivity index (χ3v) is 7.98. The summed E-state index contributed by atoms with van der Waals surface area (Å²) in [5.41, 5.74) is 2.39. The zero-order valence-corrected chi connectivity index (χ0v) is 20.0. The van der Waals surface area contributed by atoms with Gasteiger partial charge in [0, 0.05) is 71.6 Å². The monoisotopic (exact) mass is 473 g/mol. The number of morpholine rings is 1. The maximum atomic E-state index is 16.2. The summed E-state index contributed by atoms with van der Waals surface area (Å²) in [5, 5.41) is 10.0. The van der Waals surface area contributed by atoms with Crippen LogP contribution in [0.15, 0.2) is 24.4 Å². The van der Waals surface area contributed by atoms with Crippen molar-refractivity contribution in [1.29, 1.82) is 5.26 Å². The smallest absolute Gasteiger partial charge is 0.197 e. The lowest BCUT2D eigenvalue weighted by molar-refractivity contribution is 0.0114. The number of aromatic nitrogens is 2. The number of nitriles is 1. The number of pyridine rings is 1. The van der Waals surface area contributed by atoms with E-state index >= 15 is 4.39 Å². The molecule has 7 nitrogen and oxygen atoms in total. The van der Waals surface area contributed by atoms with E-state index in [2.05, 4.69) is 20.9 Å². The highest BCUT2D eigenvalue weighted by atomic mass is 19.1. The van der Waals surface area contributed by atoms with Gasteiger partial charge in [0.15, 0.2) is 17.4 Å². The van der Waals surface area contributed by atoms with Crippen LogP contribution in [-0.4, -0.2) is 66.1 Å². The van der Waals surface area contributed by atoms with Gasteiger partial charge in [-0.1, -0.05) is 19.9 Å². The number of anilines is 1. The highest BCUT2D eigenvalue weighted by Gasteiger charge is 2.43. The Balaban J connectivity index is 1.35. The van der Waals surface area contributed by atoms with Crippen LogP contribution in [0.1, 0.15) is 59.4 Å². The molecule has 1 N–H and O–H groups in total. The minimum absolute atomic E-state index is 0.228. The second kappa shape index (κ2) is 8.14. The fourth-order valence-corrected chi connectivity index (χ4v) is 6.10. The molecule has 0 spiro atoms. The highest BCUT2D eigenvalue weighted by molar-refractivity contribution is 6.20. The molecule has 4 heterocycles. The lowest BCUT2D eigenvalue weighted by Gasteiger charge is -2.41. The summed E-state index contributed by atoms with van der Waals surface area (Å²) in [7, 11) is 0. The van der Waals surface area contributed by atoms with E-state index in [9.17, 15) is 10.1 Å². The van der Waals surface area contributed by atoms with Crippen molar-refractivity contribution in [3.05, 3.63) is 58.2 Å². The zero-order chi connectivity index (χ0) is 24.3. The van der Waals surface area contributed by atoms with Crippen molar-refractivity contribution >= 4 is 22.5 Å². The molecule has 0 atom stereocenters. The van der Waals surface area contributed by atoms with E-state index < -0.39 is 11.2 Å². The van der Waals surface area contributed by atoms with E-state index in [0.717, 1.165) is 57.6 Å². The molecule has 0 saturated carbocycles. The maximum absolute atomic E-state index is 16.2. The van der Waals surface area contributed by atoms with E-state index in [4.69, 9.17) is 4.74 Å². The Morgan fingerprint density at radius 2 is 1.94 bits per heavy atom. The number of ketones is 1. The van der Waals surface area contributed by atoms with Gasteiger partial charge in [-0.15, -0.1) is 0 Å². The van der Waals surface area contributed by atoms with E-state index in [-0.39, 0.29) is 5.78 Å². The SMILES string of the molecule is CC1(C)c2[nH]c3cc(C#N)ccc3c2C(=O)c2cnc(N3CCC(N4CCOCC4)CC3)c(F)c21.